The fraction of sp³-hybridized carbons (Fsp3) is 0.933. The van der Waals surface area contributed by atoms with E-state index in [0.29, 0.717) is 17.8 Å². The Morgan fingerprint density at radius 1 is 1.12 bits per heavy atom. The summed E-state index contributed by atoms with van der Waals surface area (Å²) >= 11 is 0. The predicted octanol–water partition coefficient (Wildman–Crippen LogP) is 3.25. The van der Waals surface area contributed by atoms with Gasteiger partial charge in [-0.05, 0) is 56.3 Å². The van der Waals surface area contributed by atoms with Crippen LogP contribution in [0.4, 0.5) is 17.6 Å². The second-order valence-corrected chi connectivity index (χ2v) is 9.01. The van der Waals surface area contributed by atoms with Crippen LogP contribution in [0.3, 0.4) is 0 Å². The summed E-state index contributed by atoms with van der Waals surface area (Å²) in [6, 6.07) is 0. The van der Waals surface area contributed by atoms with Crippen LogP contribution in [0.25, 0.3) is 0 Å². The van der Waals surface area contributed by atoms with Crippen molar-refractivity contribution in [2.45, 2.75) is 56.1 Å². The van der Waals surface area contributed by atoms with Gasteiger partial charge in [-0.15, -0.1) is 0 Å². The predicted molar refractivity (Wildman–Crippen MR) is 77.6 cm³/mol. The van der Waals surface area contributed by atoms with Gasteiger partial charge >= 0.3 is 27.3 Å². The van der Waals surface area contributed by atoms with Gasteiger partial charge in [-0.2, -0.15) is 26.0 Å². The molecule has 0 spiro atoms. The van der Waals surface area contributed by atoms with Crippen molar-refractivity contribution in [1.29, 1.82) is 0 Å². The fourth-order valence-corrected chi connectivity index (χ4v) is 5.42. The largest absolute Gasteiger partial charge is 0.465 e. The van der Waals surface area contributed by atoms with Crippen molar-refractivity contribution in [3.05, 3.63) is 0 Å². The highest BCUT2D eigenvalue weighted by Gasteiger charge is 2.67. The zero-order chi connectivity index (χ0) is 18.7. The molecule has 0 amide bonds. The zero-order valence-corrected chi connectivity index (χ0v) is 14.2. The SMILES string of the molecule is O=C(OCCCCC(F)(F)C(F)(F)S(=O)(=O)O)C12CC3CC1CC3C2. The van der Waals surface area contributed by atoms with Crippen LogP contribution in [0.5, 0.6) is 0 Å². The molecule has 0 saturated heterocycles. The first-order valence-electron chi connectivity index (χ1n) is 8.31. The Hall–Kier alpha value is -0.900. The van der Waals surface area contributed by atoms with E-state index in [1.165, 1.54) is 0 Å². The summed E-state index contributed by atoms with van der Waals surface area (Å²) in [4.78, 5) is 12.3. The van der Waals surface area contributed by atoms with E-state index < -0.39 is 39.6 Å². The number of ether oxygens (including phenoxy) is 1. The molecule has 144 valence electrons. The maximum atomic E-state index is 13.3. The van der Waals surface area contributed by atoms with Crippen LogP contribution < -0.4 is 0 Å². The Balaban J connectivity index is 1.43. The summed E-state index contributed by atoms with van der Waals surface area (Å²) in [5, 5.41) is -5.54. The first kappa shape index (κ1) is 18.9. The minimum Gasteiger partial charge on any atom is -0.465 e. The lowest BCUT2D eigenvalue weighted by atomic mass is 9.81. The lowest BCUT2D eigenvalue weighted by Gasteiger charge is -2.26. The van der Waals surface area contributed by atoms with Crippen LogP contribution in [0.1, 0.15) is 44.9 Å². The highest BCUT2D eigenvalue weighted by atomic mass is 32.2. The summed E-state index contributed by atoms with van der Waals surface area (Å²) in [6.45, 7) is -0.170. The van der Waals surface area contributed by atoms with Crippen molar-refractivity contribution in [3.63, 3.8) is 0 Å². The lowest BCUT2D eigenvalue weighted by molar-refractivity contribution is -0.166. The molecular weight excluding hydrogens is 368 g/mol. The molecule has 2 unspecified atom stereocenters. The van der Waals surface area contributed by atoms with Gasteiger partial charge in [0.15, 0.2) is 0 Å². The molecule has 5 nitrogen and oxygen atoms in total. The summed E-state index contributed by atoms with van der Waals surface area (Å²) in [5.41, 5.74) is -0.433. The molecule has 2 atom stereocenters. The molecule has 0 aromatic carbocycles. The summed E-state index contributed by atoms with van der Waals surface area (Å²) in [7, 11) is -6.20. The van der Waals surface area contributed by atoms with Crippen LogP contribution in [0.15, 0.2) is 0 Å². The quantitative estimate of drug-likeness (QED) is 0.299. The van der Waals surface area contributed by atoms with Gasteiger partial charge in [0.05, 0.1) is 12.0 Å². The molecule has 4 aliphatic rings. The maximum absolute atomic E-state index is 13.3. The summed E-state index contributed by atoms with van der Waals surface area (Å²) in [6.07, 6.45) is 1.73. The molecule has 25 heavy (non-hydrogen) atoms. The van der Waals surface area contributed by atoms with E-state index in [1.54, 1.807) is 0 Å². The number of esters is 1. The van der Waals surface area contributed by atoms with Crippen molar-refractivity contribution in [2.24, 2.45) is 23.2 Å². The Kier molecular flexibility index (Phi) is 4.38. The molecule has 4 rings (SSSR count). The number of rotatable bonds is 8. The van der Waals surface area contributed by atoms with Gasteiger partial charge < -0.3 is 4.74 Å². The Labute approximate surface area is 142 Å². The van der Waals surface area contributed by atoms with E-state index in [1.807, 2.05) is 0 Å². The van der Waals surface area contributed by atoms with Crippen molar-refractivity contribution >= 4 is 16.1 Å². The number of halogens is 4. The highest BCUT2D eigenvalue weighted by molar-refractivity contribution is 7.87. The van der Waals surface area contributed by atoms with E-state index in [2.05, 4.69) is 0 Å². The number of carbonyl (C=O) groups excluding carboxylic acids is 1. The number of alkyl halides is 4. The number of carbonyl (C=O) groups is 1. The molecular formula is C15H20F4O5S. The third-order valence-corrected chi connectivity index (χ3v) is 7.10. The maximum Gasteiger partial charge on any atom is 0.431 e. The molecule has 0 radical (unpaired) electrons. The smallest absolute Gasteiger partial charge is 0.431 e. The average Bonchev–Trinajstić information content (AvgIpc) is 3.19. The first-order chi connectivity index (χ1) is 11.4. The molecule has 0 heterocycles. The fourth-order valence-electron chi connectivity index (χ4n) is 4.94. The van der Waals surface area contributed by atoms with E-state index in [4.69, 9.17) is 9.29 Å². The number of unbranched alkanes of at least 4 members (excludes halogenated alkanes) is 1. The Morgan fingerprint density at radius 3 is 2.12 bits per heavy atom. The van der Waals surface area contributed by atoms with Crippen molar-refractivity contribution in [1.82, 2.24) is 0 Å². The topological polar surface area (TPSA) is 80.7 Å². The van der Waals surface area contributed by atoms with Gasteiger partial charge in [-0.3, -0.25) is 9.35 Å². The molecule has 0 aromatic heterocycles. The average molecular weight is 388 g/mol. The molecule has 1 N–H and O–H groups in total. The van der Waals surface area contributed by atoms with Crippen LogP contribution in [-0.4, -0.2) is 36.7 Å². The van der Waals surface area contributed by atoms with Gasteiger partial charge in [0.25, 0.3) is 0 Å². The van der Waals surface area contributed by atoms with Crippen LogP contribution in [0, 0.1) is 23.2 Å². The van der Waals surface area contributed by atoms with Gasteiger partial charge in [-0.25, -0.2) is 0 Å². The normalized spacial score (nSPS) is 34.0. The Bertz CT molecular complexity index is 649. The molecule has 0 aliphatic heterocycles. The van der Waals surface area contributed by atoms with Gasteiger partial charge in [0.2, 0.25) is 0 Å². The zero-order valence-electron chi connectivity index (χ0n) is 13.4. The third-order valence-electron chi connectivity index (χ3n) is 6.15. The molecule has 10 heteroatoms. The standard InChI is InChI=1S/C15H20F4O5S/c16-14(17,15(18,19)25(21,22)23)3-1-2-4-24-12(20)13-7-9-5-11(13)6-10(9)8-13/h9-11H,1-8H2,(H,21,22,23). The molecule has 4 bridgehead atoms. The van der Waals surface area contributed by atoms with Crippen LogP contribution in [0.2, 0.25) is 0 Å². The first-order valence-corrected chi connectivity index (χ1v) is 9.75. The van der Waals surface area contributed by atoms with E-state index in [0.717, 1.165) is 25.7 Å². The highest BCUT2D eigenvalue weighted by Crippen LogP contribution is 2.70. The van der Waals surface area contributed by atoms with E-state index in [-0.39, 0.29) is 19.0 Å². The van der Waals surface area contributed by atoms with Crippen LogP contribution >= 0.6 is 0 Å². The van der Waals surface area contributed by atoms with Crippen molar-refractivity contribution in [2.75, 3.05) is 6.61 Å². The number of hydrogen-bond donors (Lipinski definition) is 1. The monoisotopic (exact) mass is 388 g/mol. The van der Waals surface area contributed by atoms with Crippen molar-refractivity contribution < 1.29 is 40.1 Å². The minimum absolute atomic E-state index is 0.0868. The number of hydrogen-bond acceptors (Lipinski definition) is 4. The van der Waals surface area contributed by atoms with E-state index in [9.17, 15) is 30.8 Å². The minimum atomic E-state index is -6.20. The summed E-state index contributed by atoms with van der Waals surface area (Å²) in [5.74, 6) is -3.71. The van der Waals surface area contributed by atoms with Gasteiger partial charge in [-0.1, -0.05) is 0 Å². The second kappa shape index (κ2) is 5.80. The lowest BCUT2D eigenvalue weighted by Crippen LogP contribution is -2.46. The van der Waals surface area contributed by atoms with Crippen molar-refractivity contribution in [3.8, 4) is 0 Å². The third kappa shape index (κ3) is 2.85. The van der Waals surface area contributed by atoms with E-state index >= 15 is 0 Å². The molecule has 4 saturated carbocycles. The second-order valence-electron chi connectivity index (χ2n) is 7.54. The van der Waals surface area contributed by atoms with Gasteiger partial charge in [0, 0.05) is 6.42 Å². The van der Waals surface area contributed by atoms with Gasteiger partial charge in [0.1, 0.15) is 0 Å². The Morgan fingerprint density at radius 2 is 1.68 bits per heavy atom. The molecule has 4 aliphatic carbocycles. The molecule has 0 aromatic rings. The summed E-state index contributed by atoms with van der Waals surface area (Å²) < 4.78 is 86.9. The van der Waals surface area contributed by atoms with Crippen LogP contribution in [-0.2, 0) is 19.6 Å². The molecule has 4 fully saturated rings.